The molecule has 0 radical (unpaired) electrons. The van der Waals surface area contributed by atoms with Gasteiger partial charge in [0.05, 0.1) is 6.61 Å². The van der Waals surface area contributed by atoms with Crippen LogP contribution in [0.1, 0.15) is 24.3 Å². The summed E-state index contributed by atoms with van der Waals surface area (Å²) in [5.74, 6) is -0.0985. The molecule has 0 fully saturated rings. The van der Waals surface area contributed by atoms with E-state index in [9.17, 15) is 9.90 Å². The van der Waals surface area contributed by atoms with Gasteiger partial charge in [0.1, 0.15) is 6.10 Å². The van der Waals surface area contributed by atoms with E-state index in [1.807, 2.05) is 37.3 Å². The fourth-order valence-electron chi connectivity index (χ4n) is 1.88. The fourth-order valence-corrected chi connectivity index (χ4v) is 2.93. The van der Waals surface area contributed by atoms with Crippen molar-refractivity contribution >= 4 is 27.3 Å². The molecular weight excluding hydrogens is 274 g/mol. The molecular formula is C15H19NO3S. The summed E-state index contributed by atoms with van der Waals surface area (Å²) in [5.41, 5.74) is 0. The number of carbonyl (C=O) groups is 1. The van der Waals surface area contributed by atoms with Gasteiger partial charge in [-0.15, -0.1) is 11.3 Å². The van der Waals surface area contributed by atoms with Gasteiger partial charge in [-0.05, 0) is 24.4 Å². The SMILES string of the molecule is CCOCCC(=O)NCC(O)c1cc2ccccc2s1. The number of carbonyl (C=O) groups excluding carboxylic acids is 1. The number of amides is 1. The van der Waals surface area contributed by atoms with Crippen molar-refractivity contribution in [1.82, 2.24) is 5.32 Å². The van der Waals surface area contributed by atoms with Crippen molar-refractivity contribution in [2.45, 2.75) is 19.4 Å². The van der Waals surface area contributed by atoms with Gasteiger partial charge in [-0.1, -0.05) is 18.2 Å². The molecule has 1 aromatic carbocycles. The van der Waals surface area contributed by atoms with Crippen molar-refractivity contribution in [3.63, 3.8) is 0 Å². The van der Waals surface area contributed by atoms with Gasteiger partial charge in [0.25, 0.3) is 0 Å². The number of fused-ring (bicyclic) bond motifs is 1. The molecule has 2 N–H and O–H groups in total. The topological polar surface area (TPSA) is 58.6 Å². The number of nitrogens with one attached hydrogen (secondary N) is 1. The van der Waals surface area contributed by atoms with Gasteiger partial charge in [-0.25, -0.2) is 0 Å². The van der Waals surface area contributed by atoms with Gasteiger partial charge in [0.2, 0.25) is 5.91 Å². The second-order valence-electron chi connectivity index (χ2n) is 4.45. The van der Waals surface area contributed by atoms with Crippen LogP contribution in [0.5, 0.6) is 0 Å². The maximum absolute atomic E-state index is 11.5. The van der Waals surface area contributed by atoms with Crippen molar-refractivity contribution in [2.24, 2.45) is 0 Å². The first-order chi connectivity index (χ1) is 9.70. The Morgan fingerprint density at radius 3 is 3.00 bits per heavy atom. The zero-order valence-corrected chi connectivity index (χ0v) is 12.3. The highest BCUT2D eigenvalue weighted by Crippen LogP contribution is 2.29. The van der Waals surface area contributed by atoms with E-state index >= 15 is 0 Å². The molecule has 5 heteroatoms. The highest BCUT2D eigenvalue weighted by molar-refractivity contribution is 7.19. The predicted octanol–water partition coefficient (Wildman–Crippen LogP) is 2.48. The van der Waals surface area contributed by atoms with Gasteiger partial charge in [0, 0.05) is 29.1 Å². The summed E-state index contributed by atoms with van der Waals surface area (Å²) in [4.78, 5) is 12.4. The van der Waals surface area contributed by atoms with Crippen molar-refractivity contribution in [3.8, 4) is 0 Å². The monoisotopic (exact) mass is 293 g/mol. The zero-order chi connectivity index (χ0) is 14.4. The second kappa shape index (κ2) is 7.38. The van der Waals surface area contributed by atoms with Crippen molar-refractivity contribution < 1.29 is 14.6 Å². The Balaban J connectivity index is 1.85. The molecule has 1 unspecified atom stereocenters. The van der Waals surface area contributed by atoms with Gasteiger partial charge in [-0.3, -0.25) is 4.79 Å². The minimum atomic E-state index is -0.663. The lowest BCUT2D eigenvalue weighted by Gasteiger charge is -2.10. The molecule has 0 bridgehead atoms. The van der Waals surface area contributed by atoms with Crippen LogP contribution in [0, 0.1) is 0 Å². The first kappa shape index (κ1) is 15.0. The lowest BCUT2D eigenvalue weighted by atomic mass is 10.2. The Bertz CT molecular complexity index is 534. The minimum absolute atomic E-state index is 0.0985. The van der Waals surface area contributed by atoms with E-state index in [0.29, 0.717) is 19.6 Å². The molecule has 1 atom stereocenters. The summed E-state index contributed by atoms with van der Waals surface area (Å²) >= 11 is 1.55. The van der Waals surface area contributed by atoms with Crippen LogP contribution in [0.3, 0.4) is 0 Å². The molecule has 0 spiro atoms. The summed E-state index contributed by atoms with van der Waals surface area (Å²) in [5, 5.41) is 13.9. The third kappa shape index (κ3) is 4.03. The molecule has 0 saturated carbocycles. The van der Waals surface area contributed by atoms with Crippen LogP contribution in [0.4, 0.5) is 0 Å². The Kier molecular flexibility index (Phi) is 5.52. The van der Waals surface area contributed by atoms with Gasteiger partial charge >= 0.3 is 0 Å². The smallest absolute Gasteiger partial charge is 0.222 e. The first-order valence-corrected chi connectivity index (χ1v) is 7.53. The second-order valence-corrected chi connectivity index (χ2v) is 5.57. The van der Waals surface area contributed by atoms with Crippen LogP contribution in [0.25, 0.3) is 10.1 Å². The number of hydrogen-bond donors (Lipinski definition) is 2. The van der Waals surface area contributed by atoms with Crippen molar-refractivity contribution in [2.75, 3.05) is 19.8 Å². The van der Waals surface area contributed by atoms with E-state index in [1.165, 1.54) is 0 Å². The molecule has 0 aliphatic carbocycles. The molecule has 1 amide bonds. The van der Waals surface area contributed by atoms with E-state index in [1.54, 1.807) is 11.3 Å². The lowest BCUT2D eigenvalue weighted by molar-refractivity contribution is -0.122. The quantitative estimate of drug-likeness (QED) is 0.771. The number of aliphatic hydroxyl groups is 1. The van der Waals surface area contributed by atoms with Crippen molar-refractivity contribution in [1.29, 1.82) is 0 Å². The molecule has 2 rings (SSSR count). The summed E-state index contributed by atoms with van der Waals surface area (Å²) in [6.45, 7) is 3.15. The van der Waals surface area contributed by atoms with Crippen LogP contribution in [0.2, 0.25) is 0 Å². The Morgan fingerprint density at radius 2 is 2.25 bits per heavy atom. The van der Waals surface area contributed by atoms with E-state index in [-0.39, 0.29) is 12.5 Å². The Hall–Kier alpha value is -1.43. The third-order valence-corrected chi connectivity index (χ3v) is 4.16. The summed E-state index contributed by atoms with van der Waals surface area (Å²) in [6.07, 6.45) is -0.337. The number of thiophene rings is 1. The number of ether oxygens (including phenoxy) is 1. The van der Waals surface area contributed by atoms with Gasteiger partial charge in [-0.2, -0.15) is 0 Å². The Labute approximate surface area is 122 Å². The van der Waals surface area contributed by atoms with Crippen LogP contribution in [-0.2, 0) is 9.53 Å². The average molecular weight is 293 g/mol. The maximum atomic E-state index is 11.5. The molecule has 1 aromatic heterocycles. The highest BCUT2D eigenvalue weighted by Gasteiger charge is 2.12. The maximum Gasteiger partial charge on any atom is 0.222 e. The zero-order valence-electron chi connectivity index (χ0n) is 11.5. The largest absolute Gasteiger partial charge is 0.386 e. The van der Waals surface area contributed by atoms with Crippen molar-refractivity contribution in [3.05, 3.63) is 35.2 Å². The lowest BCUT2D eigenvalue weighted by Crippen LogP contribution is -2.28. The van der Waals surface area contributed by atoms with Crippen LogP contribution < -0.4 is 5.32 Å². The van der Waals surface area contributed by atoms with Gasteiger partial charge < -0.3 is 15.2 Å². The van der Waals surface area contributed by atoms with E-state index in [0.717, 1.165) is 15.0 Å². The minimum Gasteiger partial charge on any atom is -0.386 e. The van der Waals surface area contributed by atoms with Crippen LogP contribution >= 0.6 is 11.3 Å². The fraction of sp³-hybridized carbons (Fsp3) is 0.400. The molecule has 0 aliphatic heterocycles. The number of benzene rings is 1. The normalized spacial score (nSPS) is 12.5. The Morgan fingerprint density at radius 1 is 1.45 bits per heavy atom. The number of aliphatic hydroxyl groups excluding tert-OH is 1. The molecule has 1 heterocycles. The summed E-state index contributed by atoms with van der Waals surface area (Å²) < 4.78 is 6.26. The summed E-state index contributed by atoms with van der Waals surface area (Å²) in [7, 11) is 0. The standard InChI is InChI=1S/C15H19NO3S/c1-2-19-8-7-15(18)16-10-12(17)14-9-11-5-3-4-6-13(11)20-14/h3-6,9,12,17H,2,7-8,10H2,1H3,(H,16,18). The average Bonchev–Trinajstić information content (AvgIpc) is 2.89. The molecule has 108 valence electrons. The van der Waals surface area contributed by atoms with Gasteiger partial charge in [0.15, 0.2) is 0 Å². The summed E-state index contributed by atoms with van der Waals surface area (Å²) in [6, 6.07) is 9.96. The number of rotatable bonds is 7. The predicted molar refractivity (Wildman–Crippen MR) is 80.9 cm³/mol. The third-order valence-electron chi connectivity index (χ3n) is 2.94. The number of hydrogen-bond acceptors (Lipinski definition) is 4. The van der Waals surface area contributed by atoms with E-state index in [2.05, 4.69) is 5.32 Å². The molecule has 2 aromatic rings. The van der Waals surface area contributed by atoms with Crippen LogP contribution in [0.15, 0.2) is 30.3 Å². The van der Waals surface area contributed by atoms with E-state index < -0.39 is 6.10 Å². The molecule has 0 saturated heterocycles. The highest BCUT2D eigenvalue weighted by atomic mass is 32.1. The molecule has 0 aliphatic rings. The van der Waals surface area contributed by atoms with E-state index in [4.69, 9.17) is 4.74 Å². The molecule has 20 heavy (non-hydrogen) atoms. The molecule has 4 nitrogen and oxygen atoms in total. The van der Waals surface area contributed by atoms with Crippen LogP contribution in [-0.4, -0.2) is 30.8 Å². The first-order valence-electron chi connectivity index (χ1n) is 6.71.